The van der Waals surface area contributed by atoms with Crippen molar-refractivity contribution in [3.63, 3.8) is 0 Å². The molecule has 0 saturated heterocycles. The summed E-state index contributed by atoms with van der Waals surface area (Å²) in [4.78, 5) is 35.5. The van der Waals surface area contributed by atoms with Crippen LogP contribution < -0.4 is 27.8 Å². The molecular formula is C22H25N5O4. The first-order chi connectivity index (χ1) is 14.9. The first-order valence-electron chi connectivity index (χ1n) is 9.51. The second-order valence-corrected chi connectivity index (χ2v) is 6.62. The normalized spacial score (nSPS) is 12.1. The first kappa shape index (κ1) is 23.7. The number of nitrogens with two attached hydrogens (primary N) is 3. The van der Waals surface area contributed by atoms with Crippen LogP contribution in [0, 0.1) is 11.8 Å². The second-order valence-electron chi connectivity index (χ2n) is 6.62. The van der Waals surface area contributed by atoms with E-state index in [0.717, 1.165) is 5.56 Å². The highest BCUT2D eigenvalue weighted by Gasteiger charge is 2.18. The maximum atomic E-state index is 12.2. The summed E-state index contributed by atoms with van der Waals surface area (Å²) in [6, 6.07) is 11.7. The molecule has 0 radical (unpaired) electrons. The third-order valence-corrected chi connectivity index (χ3v) is 4.33. The predicted molar refractivity (Wildman–Crippen MR) is 117 cm³/mol. The molecule has 0 aliphatic heterocycles. The Labute approximate surface area is 180 Å². The highest BCUT2D eigenvalue weighted by Crippen LogP contribution is 2.10. The van der Waals surface area contributed by atoms with E-state index in [-0.39, 0.29) is 19.0 Å². The maximum Gasteiger partial charge on any atom is 0.251 e. The van der Waals surface area contributed by atoms with E-state index in [1.54, 1.807) is 48.5 Å². The number of nitrogens with one attached hydrogen (secondary N) is 2. The Morgan fingerprint density at radius 1 is 0.903 bits per heavy atom. The van der Waals surface area contributed by atoms with Gasteiger partial charge in [0, 0.05) is 35.5 Å². The molecule has 9 nitrogen and oxygen atoms in total. The predicted octanol–water partition coefficient (Wildman–Crippen LogP) is -1.07. The Hall–Kier alpha value is -3.55. The summed E-state index contributed by atoms with van der Waals surface area (Å²) in [5.74, 6) is 4.60. The molecule has 0 unspecified atom stereocenters. The van der Waals surface area contributed by atoms with Gasteiger partial charge in [-0.25, -0.2) is 0 Å². The summed E-state index contributed by atoms with van der Waals surface area (Å²) in [6.45, 7) is -0.730. The van der Waals surface area contributed by atoms with Gasteiger partial charge in [-0.2, -0.15) is 0 Å². The number of benzene rings is 2. The van der Waals surface area contributed by atoms with Crippen LogP contribution in [0.3, 0.4) is 0 Å². The Balaban J connectivity index is 2.00. The molecule has 0 aliphatic carbocycles. The molecule has 2 aromatic rings. The molecule has 31 heavy (non-hydrogen) atoms. The van der Waals surface area contributed by atoms with E-state index in [0.29, 0.717) is 16.8 Å². The van der Waals surface area contributed by atoms with E-state index in [1.165, 1.54) is 0 Å². The molecule has 0 bridgehead atoms. The van der Waals surface area contributed by atoms with Crippen LogP contribution in [0.5, 0.6) is 0 Å². The lowest BCUT2D eigenvalue weighted by Gasteiger charge is -2.14. The fourth-order valence-corrected chi connectivity index (χ4v) is 2.45. The second kappa shape index (κ2) is 11.6. The van der Waals surface area contributed by atoms with Crippen molar-refractivity contribution in [3.8, 4) is 11.8 Å². The van der Waals surface area contributed by atoms with Crippen LogP contribution in [0.2, 0.25) is 0 Å². The quantitative estimate of drug-likeness (QED) is 0.293. The van der Waals surface area contributed by atoms with Crippen LogP contribution in [0.1, 0.15) is 21.5 Å². The number of carbonyl (C=O) groups is 3. The maximum absolute atomic E-state index is 12.2. The van der Waals surface area contributed by atoms with Crippen molar-refractivity contribution in [2.24, 2.45) is 17.2 Å². The third kappa shape index (κ3) is 7.02. The monoisotopic (exact) mass is 423 g/mol. The highest BCUT2D eigenvalue weighted by molar-refractivity contribution is 5.98. The molecule has 2 atom stereocenters. The number of rotatable bonds is 8. The lowest BCUT2D eigenvalue weighted by molar-refractivity contribution is -0.123. The SMILES string of the molecule is NC[C@H](NC(=O)c1ccc(C#Cc2ccc(NC(=O)[C@@H](N)CN)cc2)cc1)C(=O)CO. The molecule has 0 spiro atoms. The Bertz CT molecular complexity index is 978. The number of aliphatic hydroxyl groups is 1. The van der Waals surface area contributed by atoms with Gasteiger partial charge in [0.15, 0.2) is 5.78 Å². The van der Waals surface area contributed by atoms with Gasteiger partial charge in [-0.1, -0.05) is 11.8 Å². The summed E-state index contributed by atoms with van der Waals surface area (Å²) in [5.41, 5.74) is 18.7. The van der Waals surface area contributed by atoms with Gasteiger partial charge in [-0.05, 0) is 48.5 Å². The lowest BCUT2D eigenvalue weighted by atomic mass is 10.1. The molecule has 0 aromatic heterocycles. The van der Waals surface area contributed by atoms with E-state index in [2.05, 4.69) is 22.5 Å². The number of hydrogen-bond acceptors (Lipinski definition) is 7. The average molecular weight is 423 g/mol. The molecule has 9 heteroatoms. The number of amides is 2. The van der Waals surface area contributed by atoms with Gasteiger partial charge in [0.25, 0.3) is 5.91 Å². The van der Waals surface area contributed by atoms with E-state index in [1.807, 2.05) is 0 Å². The number of anilines is 1. The molecule has 2 rings (SSSR count). The van der Waals surface area contributed by atoms with E-state index < -0.39 is 30.4 Å². The summed E-state index contributed by atoms with van der Waals surface area (Å²) >= 11 is 0. The van der Waals surface area contributed by atoms with Crippen LogP contribution in [0.25, 0.3) is 0 Å². The summed E-state index contributed by atoms with van der Waals surface area (Å²) in [6.07, 6.45) is 0. The number of ketones is 1. The lowest BCUT2D eigenvalue weighted by Crippen LogP contribution is -2.46. The minimum absolute atomic E-state index is 0.0597. The number of Topliss-reactive ketones (excluding diaryl/α,β-unsaturated/α-hetero) is 1. The number of carbonyl (C=O) groups excluding carboxylic acids is 3. The molecule has 0 heterocycles. The van der Waals surface area contributed by atoms with Gasteiger partial charge in [-0.3, -0.25) is 14.4 Å². The largest absolute Gasteiger partial charge is 0.388 e. The fraction of sp³-hybridized carbons (Fsp3) is 0.227. The molecule has 0 aliphatic rings. The van der Waals surface area contributed by atoms with Crippen molar-refractivity contribution in [2.75, 3.05) is 25.0 Å². The molecular weight excluding hydrogens is 398 g/mol. The molecule has 2 aromatic carbocycles. The topological polar surface area (TPSA) is 174 Å². The fourth-order valence-electron chi connectivity index (χ4n) is 2.45. The third-order valence-electron chi connectivity index (χ3n) is 4.33. The molecule has 0 saturated carbocycles. The Kier molecular flexibility index (Phi) is 8.87. The smallest absolute Gasteiger partial charge is 0.251 e. The zero-order chi connectivity index (χ0) is 22.8. The van der Waals surface area contributed by atoms with Crippen molar-refractivity contribution in [1.29, 1.82) is 0 Å². The zero-order valence-electron chi connectivity index (χ0n) is 16.8. The summed E-state index contributed by atoms with van der Waals surface area (Å²) in [7, 11) is 0. The van der Waals surface area contributed by atoms with Crippen LogP contribution in [0.15, 0.2) is 48.5 Å². The van der Waals surface area contributed by atoms with E-state index >= 15 is 0 Å². The summed E-state index contributed by atoms with van der Waals surface area (Å²) in [5, 5.41) is 14.0. The van der Waals surface area contributed by atoms with E-state index in [4.69, 9.17) is 22.3 Å². The van der Waals surface area contributed by atoms with Gasteiger partial charge >= 0.3 is 0 Å². The van der Waals surface area contributed by atoms with Crippen LogP contribution >= 0.6 is 0 Å². The van der Waals surface area contributed by atoms with Gasteiger partial charge < -0.3 is 32.9 Å². The van der Waals surface area contributed by atoms with Crippen molar-refractivity contribution in [3.05, 3.63) is 65.2 Å². The van der Waals surface area contributed by atoms with Crippen molar-refractivity contribution < 1.29 is 19.5 Å². The van der Waals surface area contributed by atoms with Crippen LogP contribution in [-0.4, -0.2) is 54.5 Å². The molecule has 9 N–H and O–H groups in total. The van der Waals surface area contributed by atoms with Crippen molar-refractivity contribution in [2.45, 2.75) is 12.1 Å². The van der Waals surface area contributed by atoms with Gasteiger partial charge in [0.05, 0.1) is 6.04 Å². The van der Waals surface area contributed by atoms with Crippen molar-refractivity contribution in [1.82, 2.24) is 5.32 Å². The molecule has 162 valence electrons. The van der Waals surface area contributed by atoms with Gasteiger partial charge in [0.2, 0.25) is 5.91 Å². The van der Waals surface area contributed by atoms with Gasteiger partial charge in [0.1, 0.15) is 12.6 Å². The number of aliphatic hydroxyl groups excluding tert-OH is 1. The van der Waals surface area contributed by atoms with Crippen molar-refractivity contribution >= 4 is 23.3 Å². The first-order valence-corrected chi connectivity index (χ1v) is 9.51. The van der Waals surface area contributed by atoms with Crippen LogP contribution in [-0.2, 0) is 9.59 Å². The zero-order valence-corrected chi connectivity index (χ0v) is 16.8. The minimum atomic E-state index is -0.934. The van der Waals surface area contributed by atoms with Crippen LogP contribution in [0.4, 0.5) is 5.69 Å². The standard InChI is InChI=1S/C22H25N5O4/c23-11-18(25)22(31)26-17-9-5-15(6-10-17)2-1-14-3-7-16(8-4-14)21(30)27-19(12-24)20(29)13-28/h3-10,18-19,28H,11-13,23-25H2,(H,26,31)(H,27,30)/t18-,19-/m0/s1. The minimum Gasteiger partial charge on any atom is -0.388 e. The Morgan fingerprint density at radius 2 is 1.45 bits per heavy atom. The average Bonchev–Trinajstić information content (AvgIpc) is 2.81. The molecule has 2 amide bonds. The number of hydrogen-bond donors (Lipinski definition) is 6. The molecule has 0 fully saturated rings. The highest BCUT2D eigenvalue weighted by atomic mass is 16.3. The Morgan fingerprint density at radius 3 is 1.94 bits per heavy atom. The van der Waals surface area contributed by atoms with E-state index in [9.17, 15) is 14.4 Å². The van der Waals surface area contributed by atoms with Gasteiger partial charge in [-0.15, -0.1) is 0 Å². The summed E-state index contributed by atoms with van der Waals surface area (Å²) < 4.78 is 0.